The molecule has 0 fully saturated rings. The van der Waals surface area contributed by atoms with E-state index in [0.717, 1.165) is 15.5 Å². The first-order valence-corrected chi connectivity index (χ1v) is 10.8. The minimum absolute atomic E-state index is 0.172. The van der Waals surface area contributed by atoms with Gasteiger partial charge in [0.2, 0.25) is 0 Å². The molecule has 0 saturated heterocycles. The van der Waals surface area contributed by atoms with Gasteiger partial charge in [-0.1, -0.05) is 0 Å². The second-order valence-electron chi connectivity index (χ2n) is 4.87. The summed E-state index contributed by atoms with van der Waals surface area (Å²) in [5.41, 5.74) is -0.526. The maximum absolute atomic E-state index is 12.5. The van der Waals surface area contributed by atoms with Crippen molar-refractivity contribution in [3.05, 3.63) is 29.8 Å². The first kappa shape index (κ1) is 13.8. The van der Waals surface area contributed by atoms with Gasteiger partial charge in [0.1, 0.15) is 0 Å². The zero-order valence-corrected chi connectivity index (χ0v) is 12.3. The van der Waals surface area contributed by atoms with Crippen LogP contribution in [0.5, 0.6) is 0 Å². The second kappa shape index (κ2) is 4.94. The van der Waals surface area contributed by atoms with E-state index in [-0.39, 0.29) is 15.0 Å². The van der Waals surface area contributed by atoms with Crippen molar-refractivity contribution in [2.75, 3.05) is 0 Å². The Labute approximate surface area is 101 Å². The van der Waals surface area contributed by atoms with Crippen molar-refractivity contribution in [1.82, 2.24) is 0 Å². The number of alkyl halides is 3. The van der Waals surface area contributed by atoms with Gasteiger partial charge in [0, 0.05) is 0 Å². The fraction of sp³-hybridized carbons (Fsp3) is 0.455. The molecule has 0 bridgehead atoms. The van der Waals surface area contributed by atoms with Gasteiger partial charge in [-0.25, -0.2) is 0 Å². The third-order valence-electron chi connectivity index (χ3n) is 1.83. The molecular weight excluding hydrogens is 296 g/mol. The number of rotatable bonds is 3. The molecule has 1 aromatic carbocycles. The summed E-state index contributed by atoms with van der Waals surface area (Å²) in [7, 11) is -1.16. The van der Waals surface area contributed by atoms with Crippen molar-refractivity contribution in [1.29, 1.82) is 0 Å². The molecule has 0 aromatic heterocycles. The monoisotopic (exact) mass is 312 g/mol. The maximum atomic E-state index is 12.5. The van der Waals surface area contributed by atoms with E-state index in [9.17, 15) is 13.2 Å². The van der Waals surface area contributed by atoms with E-state index >= 15 is 0 Å². The summed E-state index contributed by atoms with van der Waals surface area (Å²) in [6.07, 6.45) is -4.22. The first-order valence-electron chi connectivity index (χ1n) is 4.98. The molecule has 5 heteroatoms. The molecule has 0 nitrogen and oxygen atoms in total. The van der Waals surface area contributed by atoms with E-state index < -0.39 is 19.8 Å². The van der Waals surface area contributed by atoms with Crippen molar-refractivity contribution in [2.45, 2.75) is 30.8 Å². The second-order valence-corrected chi connectivity index (χ2v) is 13.7. The molecule has 0 heterocycles. The molecule has 0 spiro atoms. The molecule has 16 heavy (non-hydrogen) atoms. The van der Waals surface area contributed by atoms with Crippen molar-refractivity contribution in [3.63, 3.8) is 0 Å². The third-order valence-corrected chi connectivity index (χ3v) is 10.4. The van der Waals surface area contributed by atoms with Crippen LogP contribution in [0.3, 0.4) is 0 Å². The van der Waals surface area contributed by atoms with Gasteiger partial charge < -0.3 is 0 Å². The van der Waals surface area contributed by atoms with E-state index in [1.807, 2.05) is 0 Å². The summed E-state index contributed by atoms with van der Waals surface area (Å²) in [5.74, 6) is 0. The van der Waals surface area contributed by atoms with Gasteiger partial charge in [-0.15, -0.1) is 0 Å². The van der Waals surface area contributed by atoms with E-state index in [2.05, 4.69) is 19.6 Å². The molecule has 0 saturated carbocycles. The minimum atomic E-state index is -4.22. The summed E-state index contributed by atoms with van der Waals surface area (Å²) in [4.78, 5) is 1.08. The van der Waals surface area contributed by atoms with Gasteiger partial charge >= 0.3 is 101 Å². The van der Waals surface area contributed by atoms with Crippen molar-refractivity contribution in [2.24, 2.45) is 0 Å². The zero-order valence-electron chi connectivity index (χ0n) is 9.56. The predicted molar refractivity (Wildman–Crippen MR) is 65.0 cm³/mol. The molecule has 0 amide bonds. The van der Waals surface area contributed by atoms with Crippen molar-refractivity contribution in [3.8, 4) is 0 Å². The standard InChI is InChI=1S/C11H15F3SeSi/c1-16(2,3)8-15-10-6-4-5-9(7-10)11(12,13)14/h4-7H,8H2,1-3H3. The van der Waals surface area contributed by atoms with Gasteiger partial charge in [-0.05, 0) is 0 Å². The summed E-state index contributed by atoms with van der Waals surface area (Å²) < 4.78 is 38.2. The molecule has 0 atom stereocenters. The molecule has 0 aliphatic heterocycles. The van der Waals surface area contributed by atoms with E-state index in [0.29, 0.717) is 0 Å². The summed E-state index contributed by atoms with van der Waals surface area (Å²) in [6, 6.07) is 5.73. The van der Waals surface area contributed by atoms with Crippen LogP contribution in [0.25, 0.3) is 0 Å². The van der Waals surface area contributed by atoms with Crippen LogP contribution in [0.15, 0.2) is 24.3 Å². The molecule has 1 rings (SSSR count). The molecule has 0 unspecified atom stereocenters. The number of hydrogen-bond donors (Lipinski definition) is 0. The number of hydrogen-bond acceptors (Lipinski definition) is 0. The van der Waals surface area contributed by atoms with E-state index in [1.54, 1.807) is 6.07 Å². The Kier molecular flexibility index (Phi) is 4.27. The van der Waals surface area contributed by atoms with Gasteiger partial charge in [0.05, 0.1) is 0 Å². The fourth-order valence-electron chi connectivity index (χ4n) is 1.06. The van der Waals surface area contributed by atoms with Crippen LogP contribution in [0.2, 0.25) is 24.6 Å². The fourth-order valence-corrected chi connectivity index (χ4v) is 6.24. The molecule has 0 aliphatic rings. The van der Waals surface area contributed by atoms with Crippen molar-refractivity contribution >= 4 is 27.5 Å². The molecule has 1 aromatic rings. The van der Waals surface area contributed by atoms with Gasteiger partial charge in [0.25, 0.3) is 0 Å². The van der Waals surface area contributed by atoms with Crippen LogP contribution in [0.4, 0.5) is 13.2 Å². The number of halogens is 3. The van der Waals surface area contributed by atoms with Crippen LogP contribution < -0.4 is 4.46 Å². The third kappa shape index (κ3) is 4.72. The molecule has 0 radical (unpaired) electrons. The van der Waals surface area contributed by atoms with Crippen LogP contribution in [0.1, 0.15) is 5.56 Å². The van der Waals surface area contributed by atoms with Gasteiger partial charge in [-0.2, -0.15) is 0 Å². The summed E-state index contributed by atoms with van der Waals surface area (Å²) >= 11 is 0.172. The Morgan fingerprint density at radius 2 is 1.81 bits per heavy atom. The van der Waals surface area contributed by atoms with Crippen molar-refractivity contribution < 1.29 is 13.2 Å². The SMILES string of the molecule is C[Si](C)(C)C[Se]c1cccc(C(F)(F)F)c1. The Bertz CT molecular complexity index is 355. The average Bonchev–Trinajstić information content (AvgIpc) is 2.13. The zero-order chi connectivity index (χ0) is 12.4. The Hall–Kier alpha value is -0.254. The Morgan fingerprint density at radius 1 is 1.19 bits per heavy atom. The van der Waals surface area contributed by atoms with Crippen LogP contribution in [-0.4, -0.2) is 23.0 Å². The van der Waals surface area contributed by atoms with Crippen LogP contribution >= 0.6 is 0 Å². The summed E-state index contributed by atoms with van der Waals surface area (Å²) in [5, 5.41) is 0. The normalized spacial score (nSPS) is 12.9. The Morgan fingerprint density at radius 3 is 2.31 bits per heavy atom. The topological polar surface area (TPSA) is 0 Å². The summed E-state index contributed by atoms with van der Waals surface area (Å²) in [6.45, 7) is 6.72. The van der Waals surface area contributed by atoms with Gasteiger partial charge in [-0.3, -0.25) is 0 Å². The first-order chi connectivity index (χ1) is 7.18. The molecule has 0 aliphatic carbocycles. The van der Waals surface area contributed by atoms with Gasteiger partial charge in [0.15, 0.2) is 0 Å². The predicted octanol–water partition coefficient (Wildman–Crippen LogP) is 3.33. The van der Waals surface area contributed by atoms with Crippen LogP contribution in [-0.2, 0) is 6.18 Å². The van der Waals surface area contributed by atoms with E-state index in [4.69, 9.17) is 0 Å². The quantitative estimate of drug-likeness (QED) is 0.751. The van der Waals surface area contributed by atoms with E-state index in [1.165, 1.54) is 12.1 Å². The Balaban J connectivity index is 2.76. The van der Waals surface area contributed by atoms with Crippen LogP contribution in [0, 0.1) is 0 Å². The molecule has 0 N–H and O–H groups in total. The molecule has 90 valence electrons. The molecular formula is C11H15F3SeSi. The number of benzene rings is 1. The average molecular weight is 311 g/mol.